The van der Waals surface area contributed by atoms with Crippen LogP contribution in [0.3, 0.4) is 0 Å². The van der Waals surface area contributed by atoms with Crippen LogP contribution in [0.25, 0.3) is 10.9 Å². The lowest BCUT2D eigenvalue weighted by atomic mass is 10.1. The second-order valence-electron chi connectivity index (χ2n) is 10.1. The Morgan fingerprint density at radius 3 is 2.08 bits per heavy atom. The van der Waals surface area contributed by atoms with Gasteiger partial charge in [-0.25, -0.2) is 8.42 Å². The smallest absolute Gasteiger partial charge is 0.209 e. The van der Waals surface area contributed by atoms with E-state index in [0.29, 0.717) is 15.5 Å². The maximum absolute atomic E-state index is 14.0. The van der Waals surface area contributed by atoms with Gasteiger partial charge in [-0.3, -0.25) is 4.90 Å². The summed E-state index contributed by atoms with van der Waals surface area (Å²) in [6.45, 7) is 14.7. The standard InChI is InChI=1S/C30H44N2O3S/c1-8-11-20-32(21-12-9-2)27(10-3)35-24-16-18-25(19-17-24)36(33,34)30-28-23(6)14-13-15-26(28)31(7)29(30)22(4)5/h13-19,22,27H,8-12,20-21H2,1-7H3. The molecule has 0 radical (unpaired) electrons. The molecule has 5 nitrogen and oxygen atoms in total. The predicted octanol–water partition coefficient (Wildman–Crippen LogP) is 7.46. The van der Waals surface area contributed by atoms with Crippen molar-refractivity contribution in [3.05, 3.63) is 53.7 Å². The molecule has 0 aliphatic carbocycles. The first-order valence-electron chi connectivity index (χ1n) is 13.5. The third-order valence-electron chi connectivity index (χ3n) is 7.01. The van der Waals surface area contributed by atoms with Gasteiger partial charge in [0.1, 0.15) is 10.6 Å². The van der Waals surface area contributed by atoms with Gasteiger partial charge >= 0.3 is 0 Å². The Labute approximate surface area is 218 Å². The van der Waals surface area contributed by atoms with E-state index in [-0.39, 0.29) is 12.1 Å². The van der Waals surface area contributed by atoms with Crippen molar-refractivity contribution in [1.29, 1.82) is 0 Å². The first-order valence-corrected chi connectivity index (χ1v) is 15.0. The zero-order chi connectivity index (χ0) is 26.5. The molecule has 0 saturated heterocycles. The van der Waals surface area contributed by atoms with Gasteiger partial charge in [0.25, 0.3) is 0 Å². The summed E-state index contributed by atoms with van der Waals surface area (Å²) < 4.78 is 36.4. The Kier molecular flexibility index (Phi) is 9.65. The Hall–Kier alpha value is -2.31. The summed E-state index contributed by atoms with van der Waals surface area (Å²) in [6.07, 6.45) is 5.45. The van der Waals surface area contributed by atoms with Crippen LogP contribution in [0.5, 0.6) is 5.75 Å². The number of nitrogens with zero attached hydrogens (tertiary/aromatic N) is 2. The number of ether oxygens (including phenoxy) is 1. The molecule has 1 unspecified atom stereocenters. The van der Waals surface area contributed by atoms with Crippen LogP contribution in [-0.2, 0) is 16.9 Å². The van der Waals surface area contributed by atoms with E-state index < -0.39 is 9.84 Å². The van der Waals surface area contributed by atoms with Crippen LogP contribution in [0.4, 0.5) is 0 Å². The van der Waals surface area contributed by atoms with Gasteiger partial charge in [-0.1, -0.05) is 59.6 Å². The highest BCUT2D eigenvalue weighted by atomic mass is 32.2. The molecular formula is C30H44N2O3S. The number of aromatic nitrogens is 1. The largest absolute Gasteiger partial charge is 0.475 e. The van der Waals surface area contributed by atoms with Crippen LogP contribution < -0.4 is 4.74 Å². The van der Waals surface area contributed by atoms with E-state index in [4.69, 9.17) is 4.74 Å². The zero-order valence-electron chi connectivity index (χ0n) is 23.2. The van der Waals surface area contributed by atoms with Crippen LogP contribution in [0.1, 0.15) is 83.9 Å². The molecule has 0 bridgehead atoms. The molecule has 1 heterocycles. The SMILES string of the molecule is CCCCN(CCCC)C(CC)Oc1ccc(S(=O)(=O)c2c(C(C)C)n(C)c3cccc(C)c23)cc1. The van der Waals surface area contributed by atoms with Crippen molar-refractivity contribution in [3.8, 4) is 5.75 Å². The minimum absolute atomic E-state index is 0.0150. The van der Waals surface area contributed by atoms with E-state index in [1.54, 1.807) is 24.3 Å². The summed E-state index contributed by atoms with van der Waals surface area (Å²) in [5, 5.41) is 0.817. The Morgan fingerprint density at radius 2 is 1.56 bits per heavy atom. The van der Waals surface area contributed by atoms with Gasteiger partial charge in [0.05, 0.1) is 4.90 Å². The molecule has 0 amide bonds. The molecule has 2 aromatic carbocycles. The van der Waals surface area contributed by atoms with E-state index in [9.17, 15) is 8.42 Å². The fourth-order valence-corrected chi connectivity index (χ4v) is 6.98. The van der Waals surface area contributed by atoms with E-state index in [2.05, 4.69) is 25.7 Å². The lowest BCUT2D eigenvalue weighted by Crippen LogP contribution is -2.40. The summed E-state index contributed by atoms with van der Waals surface area (Å²) >= 11 is 0. The predicted molar refractivity (Wildman–Crippen MR) is 150 cm³/mol. The zero-order valence-corrected chi connectivity index (χ0v) is 24.0. The molecule has 0 saturated carbocycles. The quantitative estimate of drug-likeness (QED) is 0.223. The van der Waals surface area contributed by atoms with Gasteiger partial charge in [0.2, 0.25) is 9.84 Å². The monoisotopic (exact) mass is 512 g/mol. The third-order valence-corrected chi connectivity index (χ3v) is 8.85. The summed E-state index contributed by atoms with van der Waals surface area (Å²) in [5.74, 6) is 0.772. The Bertz CT molecular complexity index is 1240. The maximum Gasteiger partial charge on any atom is 0.209 e. The minimum Gasteiger partial charge on any atom is -0.475 e. The number of rotatable bonds is 13. The fraction of sp³-hybridized carbons (Fsp3) is 0.533. The summed E-state index contributed by atoms with van der Waals surface area (Å²) in [7, 11) is -1.76. The van der Waals surface area contributed by atoms with Crippen LogP contribution in [-0.4, -0.2) is 37.2 Å². The average Bonchev–Trinajstić information content (AvgIpc) is 3.18. The van der Waals surface area contributed by atoms with Gasteiger partial charge in [-0.05, 0) is 68.0 Å². The van der Waals surface area contributed by atoms with Crippen molar-refractivity contribution >= 4 is 20.7 Å². The molecule has 1 aromatic heterocycles. The van der Waals surface area contributed by atoms with E-state index in [1.165, 1.54) is 0 Å². The van der Waals surface area contributed by atoms with E-state index in [0.717, 1.165) is 67.4 Å². The highest BCUT2D eigenvalue weighted by Gasteiger charge is 2.30. The lowest BCUT2D eigenvalue weighted by molar-refractivity contribution is 0.0202. The summed E-state index contributed by atoms with van der Waals surface area (Å²) in [5.41, 5.74) is 2.76. The second kappa shape index (κ2) is 12.3. The number of aryl methyl sites for hydroxylation is 2. The number of benzene rings is 2. The molecule has 6 heteroatoms. The molecular weight excluding hydrogens is 468 g/mol. The van der Waals surface area contributed by atoms with Gasteiger partial charge in [0.15, 0.2) is 6.23 Å². The second-order valence-corrected chi connectivity index (χ2v) is 12.0. The van der Waals surface area contributed by atoms with Crippen LogP contribution in [0.2, 0.25) is 0 Å². The number of fused-ring (bicyclic) bond motifs is 1. The Morgan fingerprint density at radius 1 is 0.944 bits per heavy atom. The number of hydrogen-bond donors (Lipinski definition) is 0. The molecule has 0 aliphatic rings. The van der Waals surface area contributed by atoms with Gasteiger partial charge in [0, 0.05) is 36.7 Å². The van der Waals surface area contributed by atoms with Crippen molar-refractivity contribution < 1.29 is 13.2 Å². The first-order chi connectivity index (χ1) is 17.2. The maximum atomic E-state index is 14.0. The van der Waals surface area contributed by atoms with Crippen molar-refractivity contribution in [2.75, 3.05) is 13.1 Å². The summed E-state index contributed by atoms with van der Waals surface area (Å²) in [6, 6.07) is 13.0. The molecule has 0 fully saturated rings. The van der Waals surface area contributed by atoms with Crippen molar-refractivity contribution in [2.45, 2.75) is 95.6 Å². The number of unbranched alkanes of at least 4 members (excludes halogenated alkanes) is 2. The molecule has 1 atom stereocenters. The van der Waals surface area contributed by atoms with Gasteiger partial charge in [-0.2, -0.15) is 0 Å². The molecule has 0 aliphatic heterocycles. The van der Waals surface area contributed by atoms with E-state index in [1.807, 2.05) is 50.6 Å². The minimum atomic E-state index is -3.72. The molecule has 0 spiro atoms. The third kappa shape index (κ3) is 5.81. The van der Waals surface area contributed by atoms with Gasteiger partial charge in [-0.15, -0.1) is 0 Å². The molecule has 3 aromatic rings. The lowest BCUT2D eigenvalue weighted by Gasteiger charge is -2.31. The van der Waals surface area contributed by atoms with Crippen molar-refractivity contribution in [2.24, 2.45) is 7.05 Å². The highest BCUT2D eigenvalue weighted by molar-refractivity contribution is 7.91. The summed E-state index contributed by atoms with van der Waals surface area (Å²) in [4.78, 5) is 3.15. The van der Waals surface area contributed by atoms with Crippen LogP contribution >= 0.6 is 0 Å². The number of sulfone groups is 1. The van der Waals surface area contributed by atoms with Crippen LogP contribution in [0, 0.1) is 6.92 Å². The molecule has 0 N–H and O–H groups in total. The average molecular weight is 513 g/mol. The molecule has 198 valence electrons. The van der Waals surface area contributed by atoms with Crippen LogP contribution in [0.15, 0.2) is 52.3 Å². The molecule has 3 rings (SSSR count). The van der Waals surface area contributed by atoms with Crippen molar-refractivity contribution in [3.63, 3.8) is 0 Å². The highest BCUT2D eigenvalue weighted by Crippen LogP contribution is 2.39. The number of hydrogen-bond acceptors (Lipinski definition) is 4. The molecule has 36 heavy (non-hydrogen) atoms. The van der Waals surface area contributed by atoms with E-state index >= 15 is 0 Å². The normalized spacial score (nSPS) is 13.1. The van der Waals surface area contributed by atoms with Crippen molar-refractivity contribution in [1.82, 2.24) is 9.47 Å². The topological polar surface area (TPSA) is 51.5 Å². The fourth-order valence-electron chi connectivity index (χ4n) is 5.07. The van der Waals surface area contributed by atoms with Gasteiger partial charge < -0.3 is 9.30 Å². The first kappa shape index (κ1) is 28.3. The Balaban J connectivity index is 1.96.